The highest BCUT2D eigenvalue weighted by atomic mass is 35.5. The average molecular weight is 313 g/mol. The molecule has 0 aromatic heterocycles. The van der Waals surface area contributed by atoms with Gasteiger partial charge in [0.05, 0.1) is 0 Å². The number of amides is 1. The molecule has 0 radical (unpaired) electrons. The van der Waals surface area contributed by atoms with E-state index in [1.165, 1.54) is 0 Å². The van der Waals surface area contributed by atoms with E-state index in [1.807, 2.05) is 18.2 Å². The zero-order valence-corrected chi connectivity index (χ0v) is 13.5. The Balaban J connectivity index is 0.00000400. The van der Waals surface area contributed by atoms with Crippen LogP contribution in [0.3, 0.4) is 0 Å². The quantitative estimate of drug-likeness (QED) is 0.725. The highest BCUT2D eigenvalue weighted by Crippen LogP contribution is 2.07. The predicted octanol–water partition coefficient (Wildman–Crippen LogP) is 2.56. The van der Waals surface area contributed by atoms with Gasteiger partial charge in [-0.3, -0.25) is 9.59 Å². The lowest BCUT2D eigenvalue weighted by Gasteiger charge is -2.18. The number of rotatable bonds is 8. The van der Waals surface area contributed by atoms with Crippen molar-refractivity contribution in [3.05, 3.63) is 35.9 Å². The molecule has 4 nitrogen and oxygen atoms in total. The van der Waals surface area contributed by atoms with E-state index in [0.29, 0.717) is 18.0 Å². The Labute approximate surface area is 132 Å². The Kier molecular flexibility index (Phi) is 9.67. The van der Waals surface area contributed by atoms with E-state index in [4.69, 9.17) is 5.73 Å². The molecule has 1 unspecified atom stereocenters. The van der Waals surface area contributed by atoms with E-state index >= 15 is 0 Å². The molecule has 3 N–H and O–H groups in total. The Morgan fingerprint density at radius 3 is 2.29 bits per heavy atom. The summed E-state index contributed by atoms with van der Waals surface area (Å²) in [5, 5.41) is 2.89. The zero-order valence-electron chi connectivity index (χ0n) is 12.7. The fourth-order valence-corrected chi connectivity index (χ4v) is 2.08. The molecule has 118 valence electrons. The zero-order chi connectivity index (χ0) is 15.0. The van der Waals surface area contributed by atoms with Crippen LogP contribution < -0.4 is 11.1 Å². The lowest BCUT2D eigenvalue weighted by atomic mass is 10.0. The fourth-order valence-electron chi connectivity index (χ4n) is 2.08. The van der Waals surface area contributed by atoms with Gasteiger partial charge in [-0.05, 0) is 12.3 Å². The molecule has 5 heteroatoms. The molecule has 0 spiro atoms. The molecule has 0 aliphatic carbocycles. The first-order valence-corrected chi connectivity index (χ1v) is 7.10. The first-order valence-electron chi connectivity index (χ1n) is 7.10. The minimum atomic E-state index is -0.106. The molecule has 0 aliphatic rings. The molecular weight excluding hydrogens is 288 g/mol. The van der Waals surface area contributed by atoms with Crippen molar-refractivity contribution in [2.24, 2.45) is 11.7 Å². The van der Waals surface area contributed by atoms with Gasteiger partial charge in [-0.1, -0.05) is 44.2 Å². The Morgan fingerprint density at radius 2 is 1.76 bits per heavy atom. The lowest BCUT2D eigenvalue weighted by molar-refractivity contribution is -0.121. The standard InChI is InChI=1S/C16H24N2O2.ClH/c1-12(2)10-14(11-17)18-16(20)9-8-15(19)13-6-4-3-5-7-13;/h3-7,12,14H,8-11,17H2,1-2H3,(H,18,20);1H. The second-order valence-electron chi connectivity index (χ2n) is 5.42. The molecule has 1 amide bonds. The number of ketones is 1. The molecule has 0 aliphatic heterocycles. The summed E-state index contributed by atoms with van der Waals surface area (Å²) >= 11 is 0. The molecule has 0 heterocycles. The molecule has 1 rings (SSSR count). The third-order valence-corrected chi connectivity index (χ3v) is 3.08. The Bertz CT molecular complexity index is 435. The molecule has 21 heavy (non-hydrogen) atoms. The van der Waals surface area contributed by atoms with Crippen LogP contribution in [-0.4, -0.2) is 24.3 Å². The highest BCUT2D eigenvalue weighted by molar-refractivity contribution is 5.97. The molecule has 0 fully saturated rings. The van der Waals surface area contributed by atoms with Crippen LogP contribution >= 0.6 is 12.4 Å². The third kappa shape index (κ3) is 7.83. The van der Waals surface area contributed by atoms with Crippen LogP contribution in [0.5, 0.6) is 0 Å². The van der Waals surface area contributed by atoms with E-state index in [0.717, 1.165) is 6.42 Å². The van der Waals surface area contributed by atoms with Gasteiger partial charge in [0.15, 0.2) is 5.78 Å². The summed E-state index contributed by atoms with van der Waals surface area (Å²) in [7, 11) is 0. The minimum Gasteiger partial charge on any atom is -0.352 e. The number of carbonyl (C=O) groups excluding carboxylic acids is 2. The molecular formula is C16H25ClN2O2. The Hall–Kier alpha value is -1.39. The predicted molar refractivity (Wildman–Crippen MR) is 87.7 cm³/mol. The number of hydrogen-bond acceptors (Lipinski definition) is 3. The summed E-state index contributed by atoms with van der Waals surface area (Å²) in [5.74, 6) is 0.370. The van der Waals surface area contributed by atoms with Crippen molar-refractivity contribution in [1.29, 1.82) is 0 Å². The molecule has 1 atom stereocenters. The van der Waals surface area contributed by atoms with Crippen molar-refractivity contribution < 1.29 is 9.59 Å². The smallest absolute Gasteiger partial charge is 0.220 e. The van der Waals surface area contributed by atoms with Crippen LogP contribution in [0.4, 0.5) is 0 Å². The minimum absolute atomic E-state index is 0. The van der Waals surface area contributed by atoms with E-state index in [9.17, 15) is 9.59 Å². The van der Waals surface area contributed by atoms with E-state index < -0.39 is 0 Å². The van der Waals surface area contributed by atoms with E-state index in [2.05, 4.69) is 19.2 Å². The summed E-state index contributed by atoms with van der Waals surface area (Å²) in [6.45, 7) is 4.61. The number of hydrogen-bond donors (Lipinski definition) is 2. The van der Waals surface area contributed by atoms with Crippen molar-refractivity contribution in [1.82, 2.24) is 5.32 Å². The molecule has 0 saturated carbocycles. The summed E-state index contributed by atoms with van der Waals surface area (Å²) in [6, 6.07) is 9.03. The monoisotopic (exact) mass is 312 g/mol. The normalized spacial score (nSPS) is 11.6. The van der Waals surface area contributed by atoms with Crippen LogP contribution in [-0.2, 0) is 4.79 Å². The number of Topliss-reactive ketones (excluding diaryl/α,β-unsaturated/α-hetero) is 1. The highest BCUT2D eigenvalue weighted by Gasteiger charge is 2.14. The summed E-state index contributed by atoms with van der Waals surface area (Å²) in [5.41, 5.74) is 6.29. The maximum atomic E-state index is 11.9. The number of nitrogens with two attached hydrogens (primary N) is 1. The number of halogens is 1. The molecule has 0 bridgehead atoms. The van der Waals surface area contributed by atoms with Crippen molar-refractivity contribution in [2.45, 2.75) is 39.2 Å². The van der Waals surface area contributed by atoms with Gasteiger partial charge in [0.25, 0.3) is 0 Å². The largest absolute Gasteiger partial charge is 0.352 e. The summed E-state index contributed by atoms with van der Waals surface area (Å²) in [6.07, 6.45) is 1.30. The first kappa shape index (κ1) is 19.6. The topological polar surface area (TPSA) is 72.2 Å². The maximum absolute atomic E-state index is 11.9. The van der Waals surface area contributed by atoms with Crippen LogP contribution in [0.25, 0.3) is 0 Å². The van der Waals surface area contributed by atoms with Gasteiger partial charge in [0, 0.05) is 31.0 Å². The second kappa shape index (κ2) is 10.4. The Morgan fingerprint density at radius 1 is 1.14 bits per heavy atom. The third-order valence-electron chi connectivity index (χ3n) is 3.08. The molecule has 1 aromatic carbocycles. The molecule has 0 saturated heterocycles. The van der Waals surface area contributed by atoms with Gasteiger partial charge in [0.1, 0.15) is 0 Å². The second-order valence-corrected chi connectivity index (χ2v) is 5.42. The van der Waals surface area contributed by atoms with Crippen molar-refractivity contribution in [2.75, 3.05) is 6.54 Å². The van der Waals surface area contributed by atoms with Crippen LogP contribution in [0, 0.1) is 5.92 Å². The number of carbonyl (C=O) groups is 2. The van der Waals surface area contributed by atoms with Gasteiger partial charge in [-0.2, -0.15) is 0 Å². The summed E-state index contributed by atoms with van der Waals surface area (Å²) in [4.78, 5) is 23.7. The van der Waals surface area contributed by atoms with Gasteiger partial charge < -0.3 is 11.1 Å². The van der Waals surface area contributed by atoms with E-state index in [1.54, 1.807) is 12.1 Å². The first-order chi connectivity index (χ1) is 9.52. The van der Waals surface area contributed by atoms with Gasteiger partial charge >= 0.3 is 0 Å². The van der Waals surface area contributed by atoms with Gasteiger partial charge in [0.2, 0.25) is 5.91 Å². The van der Waals surface area contributed by atoms with Crippen molar-refractivity contribution >= 4 is 24.1 Å². The maximum Gasteiger partial charge on any atom is 0.220 e. The fraction of sp³-hybridized carbons (Fsp3) is 0.500. The van der Waals surface area contributed by atoms with Crippen molar-refractivity contribution in [3.63, 3.8) is 0 Å². The number of nitrogens with one attached hydrogen (secondary N) is 1. The van der Waals surface area contributed by atoms with Gasteiger partial charge in [-0.25, -0.2) is 0 Å². The van der Waals surface area contributed by atoms with Crippen LogP contribution in [0.15, 0.2) is 30.3 Å². The van der Waals surface area contributed by atoms with Crippen LogP contribution in [0.1, 0.15) is 43.5 Å². The van der Waals surface area contributed by atoms with Gasteiger partial charge in [-0.15, -0.1) is 12.4 Å². The van der Waals surface area contributed by atoms with Crippen LogP contribution in [0.2, 0.25) is 0 Å². The van der Waals surface area contributed by atoms with E-state index in [-0.39, 0.29) is 43.0 Å². The SMILES string of the molecule is CC(C)CC(CN)NC(=O)CCC(=O)c1ccccc1.Cl. The molecule has 1 aromatic rings. The summed E-state index contributed by atoms with van der Waals surface area (Å²) < 4.78 is 0. The van der Waals surface area contributed by atoms with Crippen molar-refractivity contribution in [3.8, 4) is 0 Å². The lowest BCUT2D eigenvalue weighted by Crippen LogP contribution is -2.41. The number of benzene rings is 1. The average Bonchev–Trinajstić information content (AvgIpc) is 2.44.